The summed E-state index contributed by atoms with van der Waals surface area (Å²) in [6, 6.07) is 25.8. The smallest absolute Gasteiger partial charge is 0.536 e. The number of aromatic nitrogens is 10. The van der Waals surface area contributed by atoms with Gasteiger partial charge in [-0.05, 0) is 97.8 Å². The molecule has 0 aliphatic rings. The van der Waals surface area contributed by atoms with E-state index in [0.29, 0.717) is 60.4 Å². The first-order valence-corrected chi connectivity index (χ1v) is 21.4. The van der Waals surface area contributed by atoms with E-state index < -0.39 is 29.3 Å². The highest BCUT2D eigenvalue weighted by Gasteiger charge is 2.33. The van der Waals surface area contributed by atoms with Crippen LogP contribution < -0.4 is 25.2 Å². The molecule has 361 valence electrons. The van der Waals surface area contributed by atoms with Gasteiger partial charge in [0.1, 0.15) is 22.8 Å². The number of benzene rings is 2. The molecule has 0 bridgehead atoms. The molecule has 16 nitrogen and oxygen atoms in total. The lowest BCUT2D eigenvalue weighted by molar-refractivity contribution is -0.142. The number of nitrogens with zero attached hydrogens (tertiary/aromatic N) is 9. The van der Waals surface area contributed by atoms with E-state index in [2.05, 4.69) is 39.8 Å². The van der Waals surface area contributed by atoms with Crippen molar-refractivity contribution >= 4 is 51.6 Å². The largest absolute Gasteiger partial charge is 0.569 e. The van der Waals surface area contributed by atoms with E-state index in [0.717, 1.165) is 63.3 Å². The Kier molecular flexibility index (Phi) is 13.9. The average Bonchev–Trinajstić information content (AvgIpc) is 3.91. The van der Waals surface area contributed by atoms with E-state index in [1.807, 2.05) is 75.9 Å². The maximum Gasteiger partial charge on any atom is 0.569 e. The summed E-state index contributed by atoms with van der Waals surface area (Å²) in [5, 5.41) is 20.2. The van der Waals surface area contributed by atoms with Gasteiger partial charge >= 0.3 is 20.0 Å². The molecule has 10 aromatic rings. The quantitative estimate of drug-likeness (QED) is 0.104. The molecule has 2 N–H and O–H groups in total. The monoisotopic (exact) mass is 975 g/mol. The van der Waals surface area contributed by atoms with Crippen molar-refractivity contribution in [2.24, 2.45) is 14.1 Å². The fourth-order valence-electron chi connectivity index (χ4n) is 7.35. The second-order valence-corrected chi connectivity index (χ2v) is 15.4. The summed E-state index contributed by atoms with van der Waals surface area (Å²) in [5.74, 6) is 0.841. The van der Waals surface area contributed by atoms with Crippen LogP contribution in [0.25, 0.3) is 71.8 Å². The van der Waals surface area contributed by atoms with Gasteiger partial charge in [0.25, 0.3) is 11.1 Å². The molecule has 0 saturated carbocycles. The molecule has 0 unspecified atom stereocenters. The standard InChI is InChI=1S/C24H18F3N5O2.C18H16N4O2.C6H4BF3NO2/c1-3-34-21-9-5-15-11-18(14-4-7-19-16(10-14)13-31(2)30-19)23(33)32(22(15)29-21)17-6-8-20(28-12-17)24(25,26)27;1-3-24-16-7-5-12-9-14(18(23)20-17(12)19-16)11-4-6-15-13(8-11)10-22(2)21-15;8-6(9,10)5-2-1-4(3-11-5)13-7-12/h4-13H,3H2,1-2H3;4-10H,3H2,1-2H3,(H,19,20,23);1-3,12H. The van der Waals surface area contributed by atoms with Crippen LogP contribution in [-0.2, 0) is 26.4 Å². The zero-order valence-electron chi connectivity index (χ0n) is 37.8. The van der Waals surface area contributed by atoms with Crippen molar-refractivity contribution in [3.8, 4) is 45.5 Å². The number of rotatable bonds is 9. The number of aryl methyl sites for hydroxylation is 2. The number of pyridine rings is 6. The summed E-state index contributed by atoms with van der Waals surface area (Å²) >= 11 is 0. The molecule has 0 aliphatic heterocycles. The van der Waals surface area contributed by atoms with Crippen LogP contribution in [0.2, 0.25) is 0 Å². The third-order valence-corrected chi connectivity index (χ3v) is 10.5. The summed E-state index contributed by atoms with van der Waals surface area (Å²) in [6.07, 6.45) is -3.38. The van der Waals surface area contributed by atoms with E-state index in [-0.39, 0.29) is 22.6 Å². The predicted molar refractivity (Wildman–Crippen MR) is 252 cm³/mol. The van der Waals surface area contributed by atoms with E-state index in [9.17, 15) is 35.9 Å². The highest BCUT2D eigenvalue weighted by molar-refractivity contribution is 6.17. The van der Waals surface area contributed by atoms with Gasteiger partial charge in [-0.3, -0.25) is 23.5 Å². The topological polar surface area (TPSA) is 190 Å². The van der Waals surface area contributed by atoms with Crippen LogP contribution >= 0.6 is 0 Å². The number of ether oxygens (including phenoxy) is 2. The Morgan fingerprint density at radius 2 is 1.18 bits per heavy atom. The summed E-state index contributed by atoms with van der Waals surface area (Å²) in [5.41, 5.74) is 2.43. The zero-order chi connectivity index (χ0) is 50.6. The average molecular weight is 976 g/mol. The maximum absolute atomic E-state index is 13.7. The van der Waals surface area contributed by atoms with Crippen molar-refractivity contribution < 1.29 is 45.5 Å². The number of H-pyrrole nitrogens is 1. The first-order valence-electron chi connectivity index (χ1n) is 21.4. The third kappa shape index (κ3) is 11.0. The van der Waals surface area contributed by atoms with Gasteiger partial charge in [-0.15, -0.1) is 0 Å². The first-order chi connectivity index (χ1) is 33.9. The molecule has 0 spiro atoms. The minimum atomic E-state index is -4.59. The minimum absolute atomic E-state index is 0.0375. The summed E-state index contributed by atoms with van der Waals surface area (Å²) < 4.78 is 94.9. The lowest BCUT2D eigenvalue weighted by atomic mass is 10.0. The van der Waals surface area contributed by atoms with Crippen LogP contribution in [0, 0.1) is 0 Å². The molecule has 23 heteroatoms. The van der Waals surface area contributed by atoms with Crippen LogP contribution in [0.5, 0.6) is 17.5 Å². The van der Waals surface area contributed by atoms with Crippen molar-refractivity contribution in [1.82, 2.24) is 49.0 Å². The molecule has 2 aromatic carbocycles. The Hall–Kier alpha value is -8.60. The minimum Gasteiger partial charge on any atom is -0.536 e. The Bertz CT molecular complexity index is 3650. The fourth-order valence-corrected chi connectivity index (χ4v) is 7.35. The Morgan fingerprint density at radius 3 is 1.72 bits per heavy atom. The molecule has 0 atom stereocenters. The molecular weight excluding hydrogens is 937 g/mol. The normalized spacial score (nSPS) is 11.5. The van der Waals surface area contributed by atoms with Crippen LogP contribution in [0.4, 0.5) is 26.3 Å². The van der Waals surface area contributed by atoms with Gasteiger partial charge in [0.05, 0.1) is 42.3 Å². The predicted octanol–water partition coefficient (Wildman–Crippen LogP) is 8.63. The van der Waals surface area contributed by atoms with E-state index in [1.54, 1.807) is 46.6 Å². The number of fused-ring (bicyclic) bond motifs is 4. The second-order valence-electron chi connectivity index (χ2n) is 15.4. The SMILES string of the molecule is CCOc1ccc2cc(-c3ccc4nn(C)cc4c3)c(=O)[nH]c2n1.CCOc1ccc2cc(-c3ccc4nn(C)cc4c3)c(=O)n(-c3ccc(C(F)(F)F)nc3)c2n1.O[B]Oc1ccc(C(F)(F)F)nc1. The molecule has 0 aliphatic carbocycles. The number of alkyl halides is 6. The van der Waals surface area contributed by atoms with Gasteiger partial charge in [0.15, 0.2) is 5.65 Å². The Labute approximate surface area is 398 Å². The van der Waals surface area contributed by atoms with E-state index in [1.165, 1.54) is 10.6 Å². The van der Waals surface area contributed by atoms with Crippen molar-refractivity contribution in [3.05, 3.63) is 154 Å². The number of hydrogen-bond acceptors (Lipinski definition) is 12. The van der Waals surface area contributed by atoms with Crippen LogP contribution in [0.1, 0.15) is 25.2 Å². The molecule has 1 radical (unpaired) electrons. The first kappa shape index (κ1) is 48.8. The highest BCUT2D eigenvalue weighted by atomic mass is 19.4. The lowest BCUT2D eigenvalue weighted by Gasteiger charge is -2.14. The Morgan fingerprint density at radius 1 is 0.634 bits per heavy atom. The summed E-state index contributed by atoms with van der Waals surface area (Å²) in [7, 11) is 4.05. The van der Waals surface area contributed by atoms with Crippen molar-refractivity contribution in [3.63, 3.8) is 0 Å². The lowest BCUT2D eigenvalue weighted by Crippen LogP contribution is -2.22. The molecule has 0 saturated heterocycles. The summed E-state index contributed by atoms with van der Waals surface area (Å²) in [4.78, 5) is 44.4. The molecule has 8 heterocycles. The zero-order valence-corrected chi connectivity index (χ0v) is 37.8. The maximum atomic E-state index is 13.7. The highest BCUT2D eigenvalue weighted by Crippen LogP contribution is 2.31. The van der Waals surface area contributed by atoms with E-state index in [4.69, 9.17) is 14.5 Å². The van der Waals surface area contributed by atoms with Gasteiger partial charge < -0.3 is 24.1 Å². The number of halogens is 6. The van der Waals surface area contributed by atoms with Crippen LogP contribution in [0.15, 0.2) is 131 Å². The van der Waals surface area contributed by atoms with Gasteiger partial charge in [0, 0.05) is 71.3 Å². The fraction of sp³-hybridized carbons (Fsp3) is 0.167. The second kappa shape index (κ2) is 20.2. The van der Waals surface area contributed by atoms with Gasteiger partial charge in [0.2, 0.25) is 11.8 Å². The van der Waals surface area contributed by atoms with Crippen molar-refractivity contribution in [2.75, 3.05) is 13.2 Å². The molecule has 0 fully saturated rings. The molecule has 71 heavy (non-hydrogen) atoms. The van der Waals surface area contributed by atoms with Gasteiger partial charge in [-0.2, -0.15) is 46.5 Å². The van der Waals surface area contributed by atoms with Gasteiger partial charge in [-0.25, -0.2) is 9.97 Å². The molecular formula is C48H38BF6N10O6. The van der Waals surface area contributed by atoms with Crippen molar-refractivity contribution in [2.45, 2.75) is 26.2 Å². The van der Waals surface area contributed by atoms with Gasteiger partial charge in [-0.1, -0.05) is 12.1 Å². The molecule has 0 amide bonds. The number of aromatic amines is 1. The Balaban J connectivity index is 0.000000158. The molecule has 10 rings (SSSR count). The van der Waals surface area contributed by atoms with Crippen LogP contribution in [-0.4, -0.2) is 75.0 Å². The third-order valence-electron chi connectivity index (χ3n) is 10.5. The van der Waals surface area contributed by atoms with E-state index >= 15 is 0 Å². The molecule has 8 aromatic heterocycles. The number of nitrogens with one attached hydrogen (secondary N) is 1. The summed E-state index contributed by atoms with van der Waals surface area (Å²) in [6.45, 7) is 4.60. The number of hydrogen-bond donors (Lipinski definition) is 2. The van der Waals surface area contributed by atoms with Crippen molar-refractivity contribution in [1.29, 1.82) is 0 Å². The van der Waals surface area contributed by atoms with Crippen LogP contribution in [0.3, 0.4) is 0 Å².